The maximum Gasteiger partial charge on any atom is 0.232 e. The first kappa shape index (κ1) is 17.0. The van der Waals surface area contributed by atoms with Crippen LogP contribution >= 0.6 is 11.3 Å². The zero-order chi connectivity index (χ0) is 18.4. The SMILES string of the molecule is Cc1c2c(cc3c1O/C(=C\c1cccs1)C3=O)CN(C1CCCCC1)CO2. The summed E-state index contributed by atoms with van der Waals surface area (Å²) in [4.78, 5) is 16.3. The van der Waals surface area contributed by atoms with Crippen LogP contribution in [0.4, 0.5) is 0 Å². The lowest BCUT2D eigenvalue weighted by Crippen LogP contribution is -2.41. The Morgan fingerprint density at radius 2 is 2.07 bits per heavy atom. The van der Waals surface area contributed by atoms with Crippen LogP contribution in [0.15, 0.2) is 29.3 Å². The molecule has 4 nitrogen and oxygen atoms in total. The zero-order valence-electron chi connectivity index (χ0n) is 15.5. The van der Waals surface area contributed by atoms with Crippen molar-refractivity contribution in [3.63, 3.8) is 0 Å². The molecular weight excluding hydrogens is 358 g/mol. The molecule has 2 aromatic rings. The summed E-state index contributed by atoms with van der Waals surface area (Å²) < 4.78 is 12.1. The van der Waals surface area contributed by atoms with Crippen LogP contribution in [0, 0.1) is 6.92 Å². The Morgan fingerprint density at radius 3 is 2.85 bits per heavy atom. The number of hydrogen-bond acceptors (Lipinski definition) is 5. The molecule has 0 radical (unpaired) electrons. The van der Waals surface area contributed by atoms with E-state index in [9.17, 15) is 4.79 Å². The van der Waals surface area contributed by atoms with Gasteiger partial charge in [-0.1, -0.05) is 25.3 Å². The average Bonchev–Trinajstić information content (AvgIpc) is 3.32. The van der Waals surface area contributed by atoms with Gasteiger partial charge in [0.05, 0.1) is 5.56 Å². The highest BCUT2D eigenvalue weighted by Crippen LogP contribution is 2.44. The summed E-state index contributed by atoms with van der Waals surface area (Å²) in [6, 6.07) is 6.55. The highest BCUT2D eigenvalue weighted by Gasteiger charge is 2.34. The molecule has 0 amide bonds. The van der Waals surface area contributed by atoms with Crippen LogP contribution in [0.3, 0.4) is 0 Å². The predicted molar refractivity (Wildman–Crippen MR) is 106 cm³/mol. The fourth-order valence-electron chi connectivity index (χ4n) is 4.45. The lowest BCUT2D eigenvalue weighted by Gasteiger charge is -2.37. The maximum absolute atomic E-state index is 12.9. The second-order valence-corrected chi connectivity index (χ2v) is 8.61. The Kier molecular flexibility index (Phi) is 4.29. The number of carbonyl (C=O) groups excluding carboxylic acids is 1. The van der Waals surface area contributed by atoms with Crippen molar-refractivity contribution in [1.29, 1.82) is 0 Å². The zero-order valence-corrected chi connectivity index (χ0v) is 16.3. The van der Waals surface area contributed by atoms with Gasteiger partial charge in [0.15, 0.2) is 5.76 Å². The summed E-state index contributed by atoms with van der Waals surface area (Å²) in [7, 11) is 0. The number of ether oxygens (including phenoxy) is 2. The molecule has 0 N–H and O–H groups in total. The van der Waals surface area contributed by atoms with Crippen LogP contribution in [-0.2, 0) is 6.54 Å². The summed E-state index contributed by atoms with van der Waals surface area (Å²) in [5.41, 5.74) is 2.72. The van der Waals surface area contributed by atoms with Crippen molar-refractivity contribution in [1.82, 2.24) is 4.90 Å². The van der Waals surface area contributed by atoms with E-state index in [2.05, 4.69) is 4.90 Å². The van der Waals surface area contributed by atoms with Gasteiger partial charge in [0.1, 0.15) is 18.2 Å². The Bertz CT molecular complexity index is 910. The number of Topliss-reactive ketones (excluding diaryl/α,β-unsaturated/α-hetero) is 1. The van der Waals surface area contributed by atoms with Gasteiger partial charge in [-0.2, -0.15) is 0 Å². The van der Waals surface area contributed by atoms with Crippen molar-refractivity contribution in [3.05, 3.63) is 50.9 Å². The van der Waals surface area contributed by atoms with Gasteiger partial charge >= 0.3 is 0 Å². The smallest absolute Gasteiger partial charge is 0.232 e. The number of allylic oxidation sites excluding steroid dienone is 1. The number of benzene rings is 1. The Balaban J connectivity index is 1.46. The first-order valence-electron chi connectivity index (χ1n) is 9.72. The average molecular weight is 381 g/mol. The molecule has 0 atom stereocenters. The van der Waals surface area contributed by atoms with E-state index in [0.29, 0.717) is 29.8 Å². The quantitative estimate of drug-likeness (QED) is 0.674. The van der Waals surface area contributed by atoms with Crippen LogP contribution in [0.2, 0.25) is 0 Å². The second kappa shape index (κ2) is 6.80. The molecule has 1 saturated carbocycles. The molecule has 5 rings (SSSR count). The van der Waals surface area contributed by atoms with Crippen LogP contribution < -0.4 is 9.47 Å². The molecule has 0 saturated heterocycles. The minimum atomic E-state index is -0.0286. The third-order valence-electron chi connectivity index (χ3n) is 5.87. The molecular formula is C22H23NO3S. The van der Waals surface area contributed by atoms with Gasteiger partial charge in [-0.15, -0.1) is 11.3 Å². The first-order valence-corrected chi connectivity index (χ1v) is 10.6. The Labute approximate surface area is 163 Å². The topological polar surface area (TPSA) is 38.8 Å². The maximum atomic E-state index is 12.9. The normalized spacial score (nSPS) is 21.7. The van der Waals surface area contributed by atoms with E-state index < -0.39 is 0 Å². The van der Waals surface area contributed by atoms with Crippen molar-refractivity contribution < 1.29 is 14.3 Å². The molecule has 0 bridgehead atoms. The van der Waals surface area contributed by atoms with E-state index in [4.69, 9.17) is 9.47 Å². The Hall–Kier alpha value is -2.11. The monoisotopic (exact) mass is 381 g/mol. The van der Waals surface area contributed by atoms with E-state index in [1.807, 2.05) is 36.6 Å². The van der Waals surface area contributed by atoms with Crippen molar-refractivity contribution >= 4 is 23.2 Å². The molecule has 1 fully saturated rings. The summed E-state index contributed by atoms with van der Waals surface area (Å²) in [5, 5.41) is 2.00. The highest BCUT2D eigenvalue weighted by atomic mass is 32.1. The fourth-order valence-corrected chi connectivity index (χ4v) is 5.10. The number of rotatable bonds is 2. The van der Waals surface area contributed by atoms with E-state index in [1.165, 1.54) is 32.1 Å². The summed E-state index contributed by atoms with van der Waals surface area (Å²) in [5.74, 6) is 1.93. The number of thiophene rings is 1. The van der Waals surface area contributed by atoms with Gasteiger partial charge in [0, 0.05) is 34.7 Å². The van der Waals surface area contributed by atoms with Crippen molar-refractivity contribution in [2.75, 3.05) is 6.73 Å². The molecule has 1 aliphatic carbocycles. The van der Waals surface area contributed by atoms with E-state index in [1.54, 1.807) is 11.3 Å². The molecule has 0 unspecified atom stereocenters. The summed E-state index contributed by atoms with van der Waals surface area (Å²) >= 11 is 1.60. The van der Waals surface area contributed by atoms with Gasteiger partial charge in [-0.25, -0.2) is 0 Å². The molecule has 1 aromatic heterocycles. The number of fused-ring (bicyclic) bond motifs is 2. The molecule has 3 aliphatic rings. The molecule has 27 heavy (non-hydrogen) atoms. The largest absolute Gasteiger partial charge is 0.477 e. The van der Waals surface area contributed by atoms with Gasteiger partial charge in [0.25, 0.3) is 0 Å². The van der Waals surface area contributed by atoms with E-state index in [-0.39, 0.29) is 5.78 Å². The second-order valence-electron chi connectivity index (χ2n) is 7.63. The molecule has 140 valence electrons. The lowest BCUT2D eigenvalue weighted by molar-refractivity contribution is 0.0397. The standard InChI is InChI=1S/C22H23NO3S/c1-14-21-15(12-23(13-25-21)16-6-3-2-4-7-16)10-18-20(24)19(26-22(14)18)11-17-8-5-9-27-17/h5,8-11,16H,2-4,6-7,12-13H2,1H3/b19-11-. The minimum Gasteiger partial charge on any atom is -0.477 e. The Morgan fingerprint density at radius 1 is 1.22 bits per heavy atom. The third kappa shape index (κ3) is 2.99. The van der Waals surface area contributed by atoms with E-state index in [0.717, 1.165) is 28.3 Å². The number of ketones is 1. The van der Waals surface area contributed by atoms with Gasteiger partial charge < -0.3 is 9.47 Å². The molecule has 5 heteroatoms. The molecule has 1 aromatic carbocycles. The van der Waals surface area contributed by atoms with Crippen LogP contribution in [0.5, 0.6) is 11.5 Å². The lowest BCUT2D eigenvalue weighted by atomic mass is 9.93. The van der Waals surface area contributed by atoms with Gasteiger partial charge in [-0.3, -0.25) is 9.69 Å². The van der Waals surface area contributed by atoms with E-state index >= 15 is 0 Å². The van der Waals surface area contributed by atoms with Crippen LogP contribution in [0.25, 0.3) is 6.08 Å². The van der Waals surface area contributed by atoms with Gasteiger partial charge in [-0.05, 0) is 37.3 Å². The highest BCUT2D eigenvalue weighted by molar-refractivity contribution is 7.10. The van der Waals surface area contributed by atoms with Crippen molar-refractivity contribution in [2.24, 2.45) is 0 Å². The van der Waals surface area contributed by atoms with Crippen molar-refractivity contribution in [3.8, 4) is 11.5 Å². The first-order chi connectivity index (χ1) is 13.2. The van der Waals surface area contributed by atoms with Gasteiger partial charge in [0.2, 0.25) is 5.78 Å². The van der Waals surface area contributed by atoms with Crippen molar-refractivity contribution in [2.45, 2.75) is 51.6 Å². The molecule has 0 spiro atoms. The van der Waals surface area contributed by atoms with Crippen LogP contribution in [0.1, 0.15) is 58.5 Å². The number of carbonyl (C=O) groups is 1. The summed E-state index contributed by atoms with van der Waals surface area (Å²) in [6.45, 7) is 3.48. The minimum absolute atomic E-state index is 0.0286. The predicted octanol–water partition coefficient (Wildman–Crippen LogP) is 5.16. The fraction of sp³-hybridized carbons (Fsp3) is 0.409. The molecule has 2 aliphatic heterocycles. The third-order valence-corrected chi connectivity index (χ3v) is 6.69. The number of nitrogens with zero attached hydrogens (tertiary/aromatic N) is 1. The summed E-state index contributed by atoms with van der Waals surface area (Å²) in [6.07, 6.45) is 8.29. The number of hydrogen-bond donors (Lipinski definition) is 0. The molecule has 3 heterocycles. The van der Waals surface area contributed by atoms with Crippen LogP contribution in [-0.4, -0.2) is 23.5 Å².